The van der Waals surface area contributed by atoms with Crippen LogP contribution < -0.4 is 24.5 Å². The van der Waals surface area contributed by atoms with E-state index in [2.05, 4.69) is 0 Å². The molecule has 4 aromatic carbocycles. The first kappa shape index (κ1) is 30.4. The van der Waals surface area contributed by atoms with Crippen molar-refractivity contribution in [2.45, 2.75) is 33.4 Å². The van der Waals surface area contributed by atoms with Crippen molar-refractivity contribution in [3.63, 3.8) is 0 Å². The molecule has 1 aromatic heterocycles. The number of rotatable bonds is 7. The SMILES string of the molecule is CCN(CC)C(=O)C1=C(C)N=c2s/c(=C3/C(=O)N(Cc4ccccc4)c4ccccc43)c(=O)n2[C@H]1c1c(OC)ccc2ccccc12. The summed E-state index contributed by atoms with van der Waals surface area (Å²) in [6.45, 7) is 7.07. The molecule has 0 unspecified atom stereocenters. The number of allylic oxidation sites excluding steroid dienone is 1. The van der Waals surface area contributed by atoms with Crippen molar-refractivity contribution in [2.75, 3.05) is 25.1 Å². The van der Waals surface area contributed by atoms with E-state index in [-0.39, 0.29) is 17.4 Å². The Kier molecular flexibility index (Phi) is 7.85. The van der Waals surface area contributed by atoms with Gasteiger partial charge in [-0.25, -0.2) is 4.99 Å². The van der Waals surface area contributed by atoms with Crippen molar-refractivity contribution in [3.05, 3.63) is 139 Å². The van der Waals surface area contributed by atoms with E-state index in [0.717, 1.165) is 22.0 Å². The lowest BCUT2D eigenvalue weighted by atomic mass is 9.90. The predicted octanol–water partition coefficient (Wildman–Crippen LogP) is 5.18. The topological polar surface area (TPSA) is 84.2 Å². The minimum atomic E-state index is -0.832. The molecule has 0 spiro atoms. The summed E-state index contributed by atoms with van der Waals surface area (Å²) in [7, 11) is 1.59. The number of carbonyl (C=O) groups excluding carboxylic acids is 2. The summed E-state index contributed by atoms with van der Waals surface area (Å²) in [5.74, 6) is 0.128. The van der Waals surface area contributed by atoms with Gasteiger partial charge < -0.3 is 14.5 Å². The molecular formula is C38H34N4O4S. The lowest BCUT2D eigenvalue weighted by molar-refractivity contribution is -0.127. The van der Waals surface area contributed by atoms with Crippen LogP contribution in [0.1, 0.15) is 43.5 Å². The van der Waals surface area contributed by atoms with Crippen LogP contribution in [-0.4, -0.2) is 41.5 Å². The zero-order valence-corrected chi connectivity index (χ0v) is 27.5. The third kappa shape index (κ3) is 4.89. The molecule has 3 heterocycles. The average molecular weight is 643 g/mol. The quantitative estimate of drug-likeness (QED) is 0.245. The van der Waals surface area contributed by atoms with Crippen LogP contribution in [0.2, 0.25) is 0 Å². The number of para-hydroxylation sites is 1. The Balaban J connectivity index is 1.52. The van der Waals surface area contributed by atoms with Crippen LogP contribution in [0.25, 0.3) is 16.3 Å². The molecule has 236 valence electrons. The fourth-order valence-corrected chi connectivity index (χ4v) is 7.89. The van der Waals surface area contributed by atoms with Crippen LogP contribution in [-0.2, 0) is 16.1 Å². The fourth-order valence-electron chi connectivity index (χ4n) is 6.76. The summed E-state index contributed by atoms with van der Waals surface area (Å²) in [6.07, 6.45) is 0. The standard InChI is InChI=1S/C38H34N4O4S/c1-5-40(6-2)35(43)30-23(3)39-38-42(33(30)31-26-17-11-10-16-25(26)20-21-29(31)46-4)37(45)34(47-38)32-27-18-12-13-19-28(27)41(36(32)44)22-24-14-8-7-9-15-24/h7-21,33H,5-6,22H2,1-4H3/b34-32+/t33-/m1/s1. The Morgan fingerprint density at radius 3 is 2.36 bits per heavy atom. The minimum absolute atomic E-state index is 0.189. The van der Waals surface area contributed by atoms with Gasteiger partial charge >= 0.3 is 0 Å². The van der Waals surface area contributed by atoms with Crippen molar-refractivity contribution in [2.24, 2.45) is 4.99 Å². The summed E-state index contributed by atoms with van der Waals surface area (Å²) < 4.78 is 7.81. The van der Waals surface area contributed by atoms with E-state index in [1.54, 1.807) is 21.5 Å². The lowest BCUT2D eigenvalue weighted by Crippen LogP contribution is -2.43. The molecule has 2 aliphatic rings. The molecular weight excluding hydrogens is 609 g/mol. The number of fused-ring (bicyclic) bond motifs is 3. The molecule has 2 amide bonds. The van der Waals surface area contributed by atoms with E-state index in [0.29, 0.717) is 62.7 Å². The minimum Gasteiger partial charge on any atom is -0.496 e. The van der Waals surface area contributed by atoms with E-state index >= 15 is 0 Å². The average Bonchev–Trinajstić information content (AvgIpc) is 3.56. The number of aromatic nitrogens is 1. The number of hydrogen-bond acceptors (Lipinski definition) is 6. The highest BCUT2D eigenvalue weighted by Crippen LogP contribution is 2.41. The number of methoxy groups -OCH3 is 1. The Morgan fingerprint density at radius 2 is 1.62 bits per heavy atom. The summed E-state index contributed by atoms with van der Waals surface area (Å²) in [6, 6.07) is 28.3. The van der Waals surface area contributed by atoms with Crippen molar-refractivity contribution in [3.8, 4) is 5.75 Å². The van der Waals surface area contributed by atoms with E-state index in [1.807, 2.05) is 112 Å². The number of nitrogens with zero attached hydrogens (tertiary/aromatic N) is 4. The molecule has 2 aliphatic heterocycles. The van der Waals surface area contributed by atoms with Crippen molar-refractivity contribution in [1.29, 1.82) is 0 Å². The maximum Gasteiger partial charge on any atom is 0.271 e. The van der Waals surface area contributed by atoms with Crippen LogP contribution >= 0.6 is 11.3 Å². The van der Waals surface area contributed by atoms with Crippen LogP contribution in [0.15, 0.2) is 112 Å². The lowest BCUT2D eigenvalue weighted by Gasteiger charge is -2.30. The van der Waals surface area contributed by atoms with E-state index < -0.39 is 6.04 Å². The molecule has 7 rings (SSSR count). The third-order valence-electron chi connectivity index (χ3n) is 9.04. The van der Waals surface area contributed by atoms with E-state index in [9.17, 15) is 14.4 Å². The number of anilines is 1. The molecule has 9 heteroatoms. The maximum absolute atomic E-state index is 14.9. The summed E-state index contributed by atoms with van der Waals surface area (Å²) in [4.78, 5) is 52.2. The molecule has 0 bridgehead atoms. The maximum atomic E-state index is 14.9. The Bertz CT molecular complexity index is 2280. The Labute approximate surface area is 276 Å². The van der Waals surface area contributed by atoms with E-state index in [1.165, 1.54) is 11.3 Å². The second-order valence-electron chi connectivity index (χ2n) is 11.6. The van der Waals surface area contributed by atoms with E-state index in [4.69, 9.17) is 9.73 Å². The second-order valence-corrected chi connectivity index (χ2v) is 12.5. The van der Waals surface area contributed by atoms with Crippen molar-refractivity contribution >= 4 is 45.2 Å². The molecule has 47 heavy (non-hydrogen) atoms. The highest BCUT2D eigenvalue weighted by atomic mass is 32.1. The molecule has 0 radical (unpaired) electrons. The first-order valence-electron chi connectivity index (χ1n) is 15.7. The van der Waals surface area contributed by atoms with Gasteiger partial charge in [-0.2, -0.15) is 0 Å². The molecule has 0 N–H and O–H groups in total. The summed E-state index contributed by atoms with van der Waals surface area (Å²) in [5, 5.41) is 1.82. The largest absolute Gasteiger partial charge is 0.496 e. The fraction of sp³-hybridized carbons (Fsp3) is 0.211. The summed E-state index contributed by atoms with van der Waals surface area (Å²) >= 11 is 1.19. The van der Waals surface area contributed by atoms with Crippen molar-refractivity contribution < 1.29 is 14.3 Å². The van der Waals surface area contributed by atoms with Gasteiger partial charge in [-0.15, -0.1) is 0 Å². The second kappa shape index (κ2) is 12.1. The van der Waals surface area contributed by atoms with Crippen LogP contribution in [0.3, 0.4) is 0 Å². The molecule has 1 atom stereocenters. The molecule has 0 saturated heterocycles. The molecule has 0 fully saturated rings. The van der Waals surface area contributed by atoms with Gasteiger partial charge in [-0.1, -0.05) is 90.2 Å². The molecule has 5 aromatic rings. The number of likely N-dealkylation sites (N-methyl/N-ethyl adjacent to an activating group) is 1. The van der Waals surface area contributed by atoms with Crippen LogP contribution in [0, 0.1) is 0 Å². The molecule has 8 nitrogen and oxygen atoms in total. The van der Waals surface area contributed by atoms with Gasteiger partial charge in [0.25, 0.3) is 17.4 Å². The van der Waals surface area contributed by atoms with Gasteiger partial charge in [0.1, 0.15) is 16.3 Å². The molecule has 0 saturated carbocycles. The van der Waals surface area contributed by atoms with Gasteiger partial charge in [0.2, 0.25) is 0 Å². The van der Waals surface area contributed by atoms with Gasteiger partial charge in [-0.05, 0) is 49.2 Å². The number of hydrogen-bond donors (Lipinski definition) is 0. The van der Waals surface area contributed by atoms with Gasteiger partial charge in [0, 0.05) is 24.2 Å². The zero-order valence-electron chi connectivity index (χ0n) is 26.7. The monoisotopic (exact) mass is 642 g/mol. The summed E-state index contributed by atoms with van der Waals surface area (Å²) in [5.41, 5.74) is 4.07. The zero-order chi connectivity index (χ0) is 32.8. The number of amides is 2. The number of carbonyl (C=O) groups is 2. The van der Waals surface area contributed by atoms with Gasteiger partial charge in [-0.3, -0.25) is 19.0 Å². The van der Waals surface area contributed by atoms with Crippen LogP contribution in [0.5, 0.6) is 5.75 Å². The Morgan fingerprint density at radius 1 is 0.915 bits per heavy atom. The Hall–Kier alpha value is -5.28. The first-order valence-corrected chi connectivity index (χ1v) is 16.5. The van der Waals surface area contributed by atoms with Gasteiger partial charge in [0.15, 0.2) is 4.80 Å². The highest BCUT2D eigenvalue weighted by Gasteiger charge is 2.39. The number of ether oxygens (including phenoxy) is 1. The predicted molar refractivity (Wildman–Crippen MR) is 185 cm³/mol. The number of benzene rings is 4. The first-order chi connectivity index (χ1) is 22.9. The van der Waals surface area contributed by atoms with Crippen LogP contribution in [0.4, 0.5) is 5.69 Å². The smallest absolute Gasteiger partial charge is 0.271 e. The highest BCUT2D eigenvalue weighted by molar-refractivity contribution is 7.07. The number of thiazole rings is 1. The third-order valence-corrected chi connectivity index (χ3v) is 10.1. The van der Waals surface area contributed by atoms with Gasteiger partial charge in [0.05, 0.1) is 36.2 Å². The molecule has 0 aliphatic carbocycles. The normalized spacial score (nSPS) is 16.6. The van der Waals surface area contributed by atoms with Crippen molar-refractivity contribution in [1.82, 2.24) is 9.47 Å².